The summed E-state index contributed by atoms with van der Waals surface area (Å²) in [5.41, 5.74) is -0.0644. The first kappa shape index (κ1) is 98.7. The number of benzene rings is 4. The van der Waals surface area contributed by atoms with Gasteiger partial charge in [0.1, 0.15) is 0 Å². The molecule has 1 aliphatic rings. The van der Waals surface area contributed by atoms with Crippen molar-refractivity contribution in [1.29, 1.82) is 0 Å². The van der Waals surface area contributed by atoms with Crippen LogP contribution in [0.4, 0.5) is 0 Å². The standard InChI is InChI=1S/C84H112O36/c1-17-21-25-29-49-53-33-55(75(111-39-63(87)99-7)81(117-45-69(93)105-13)73(53)109-37-61(85)97-5)50(30-26-22-18-2)57-35-59(79(115-43-67(91)103-11)83(119-47-71(95)107-15)77(57)113-41-65(89)101-9)52(32-28-24-20-4)60-36-58(78(114-42-66(90)102-10)84(120-48-72(96)108-16)80(60)116-44-68(92)104-12)51(31-27-23-19-3)56-34-54(49)74(110-38-62(86)98-6)82(118-46-70(94)106-14)76(56)112-40-64(88)100-8/h33-36,49-52H,17-32,37-48H2,1-16H3. The lowest BCUT2D eigenvalue weighted by molar-refractivity contribution is -0.144. The SMILES string of the molecule is CCCCCC1c2cc(c(OCC(=O)OC)c(OCC(=O)OC)c2OCC(=O)OC)C(CCCCC)c2cc(c(OCC(=O)OC)c(OCC(=O)OC)c2OCC(=O)OC)C(CCCCC)c2cc(c(OCC(=O)OC)c(OCC(=O)OC)c2OCC(=O)OC)C(CCCCC)c2cc1c(OCC(=O)OC)c(OCC(=O)OC)c2OCC(=O)OC. The molecular formula is C84H112O36. The average Bonchev–Trinajstić information content (AvgIpc) is 0.727. The van der Waals surface area contributed by atoms with Crippen LogP contribution in [0.5, 0.6) is 69.0 Å². The van der Waals surface area contributed by atoms with Crippen LogP contribution in [0.1, 0.15) is 199 Å². The summed E-state index contributed by atoms with van der Waals surface area (Å²) in [6, 6.07) is 6.36. The van der Waals surface area contributed by atoms with Crippen LogP contribution >= 0.6 is 0 Å². The first-order chi connectivity index (χ1) is 57.8. The smallest absolute Gasteiger partial charge is 0.343 e. The Kier molecular flexibility index (Phi) is 42.9. The minimum absolute atomic E-state index is 0.00805. The predicted octanol–water partition coefficient (Wildman–Crippen LogP) is 9.47. The first-order valence-corrected chi connectivity index (χ1v) is 39.0. The zero-order valence-electron chi connectivity index (χ0n) is 71.1. The van der Waals surface area contributed by atoms with E-state index in [0.29, 0.717) is 51.4 Å². The predicted molar refractivity (Wildman–Crippen MR) is 420 cm³/mol. The number of hydrogen-bond acceptors (Lipinski definition) is 36. The molecule has 36 nitrogen and oxygen atoms in total. The third-order valence-corrected chi connectivity index (χ3v) is 19.1. The van der Waals surface area contributed by atoms with Crippen LogP contribution in [0.3, 0.4) is 0 Å². The maximum Gasteiger partial charge on any atom is 0.343 e. The fourth-order valence-electron chi connectivity index (χ4n) is 13.0. The van der Waals surface area contributed by atoms with Gasteiger partial charge in [-0.25, -0.2) is 57.5 Å². The van der Waals surface area contributed by atoms with E-state index in [9.17, 15) is 57.5 Å². The van der Waals surface area contributed by atoms with E-state index in [-0.39, 0.29) is 95.9 Å². The number of esters is 12. The molecule has 0 amide bonds. The van der Waals surface area contributed by atoms with Gasteiger partial charge in [0.2, 0.25) is 23.0 Å². The molecule has 8 bridgehead atoms. The van der Waals surface area contributed by atoms with Crippen molar-refractivity contribution in [2.75, 3.05) is 165 Å². The molecule has 0 fully saturated rings. The number of ether oxygens (including phenoxy) is 24. The van der Waals surface area contributed by atoms with E-state index in [2.05, 4.69) is 0 Å². The molecule has 664 valence electrons. The van der Waals surface area contributed by atoms with Crippen LogP contribution in [0.15, 0.2) is 24.3 Å². The Labute approximate surface area is 696 Å². The lowest BCUT2D eigenvalue weighted by Gasteiger charge is -2.34. The normalized spacial score (nSPS) is 13.7. The van der Waals surface area contributed by atoms with E-state index in [1.54, 1.807) is 24.3 Å². The van der Waals surface area contributed by atoms with Gasteiger partial charge < -0.3 is 114 Å². The molecule has 0 spiro atoms. The molecule has 120 heavy (non-hydrogen) atoms. The summed E-state index contributed by atoms with van der Waals surface area (Å²) in [6.45, 7) is -3.78. The molecule has 0 saturated heterocycles. The van der Waals surface area contributed by atoms with E-state index in [1.165, 1.54) is 0 Å². The Morgan fingerprint density at radius 1 is 0.183 bits per heavy atom. The molecule has 4 aromatic carbocycles. The van der Waals surface area contributed by atoms with Crippen molar-refractivity contribution in [3.8, 4) is 69.0 Å². The molecule has 0 aliphatic heterocycles. The van der Waals surface area contributed by atoms with Gasteiger partial charge in [0, 0.05) is 68.2 Å². The van der Waals surface area contributed by atoms with Gasteiger partial charge in [-0.2, -0.15) is 0 Å². The number of hydrogen-bond donors (Lipinski definition) is 0. The number of carbonyl (C=O) groups is 12. The molecule has 36 heteroatoms. The van der Waals surface area contributed by atoms with Gasteiger partial charge >= 0.3 is 71.6 Å². The van der Waals surface area contributed by atoms with Gasteiger partial charge in [0.15, 0.2) is 125 Å². The topological polar surface area (TPSA) is 426 Å². The van der Waals surface area contributed by atoms with E-state index in [4.69, 9.17) is 114 Å². The molecular weight excluding hydrogens is 1580 g/mol. The highest BCUT2D eigenvalue weighted by Gasteiger charge is 2.43. The largest absolute Gasteiger partial charge is 0.478 e. The highest BCUT2D eigenvalue weighted by molar-refractivity contribution is 5.81. The van der Waals surface area contributed by atoms with Crippen molar-refractivity contribution in [2.45, 2.75) is 154 Å². The number of carbonyl (C=O) groups excluding carboxylic acids is 12. The number of unbranched alkanes of at least 4 members (excludes halogenated alkanes) is 8. The maximum absolute atomic E-state index is 14.0. The van der Waals surface area contributed by atoms with Crippen molar-refractivity contribution >= 4 is 71.6 Å². The van der Waals surface area contributed by atoms with Gasteiger partial charge in [-0.1, -0.05) is 105 Å². The fraction of sp³-hybridized carbons (Fsp3) is 0.571. The van der Waals surface area contributed by atoms with Crippen molar-refractivity contribution in [2.24, 2.45) is 0 Å². The summed E-state index contributed by atoms with van der Waals surface area (Å²) >= 11 is 0. The maximum atomic E-state index is 14.0. The van der Waals surface area contributed by atoms with Gasteiger partial charge in [-0.3, -0.25) is 0 Å². The third kappa shape index (κ3) is 28.1. The Morgan fingerprint density at radius 3 is 0.392 bits per heavy atom. The molecule has 0 heterocycles. The Morgan fingerprint density at radius 2 is 0.292 bits per heavy atom. The van der Waals surface area contributed by atoms with Crippen molar-refractivity contribution in [1.82, 2.24) is 0 Å². The highest BCUT2D eigenvalue weighted by atomic mass is 16.6. The second-order valence-electron chi connectivity index (χ2n) is 26.7. The fourth-order valence-corrected chi connectivity index (χ4v) is 13.0. The van der Waals surface area contributed by atoms with Crippen molar-refractivity contribution in [3.63, 3.8) is 0 Å². The van der Waals surface area contributed by atoms with Crippen LogP contribution in [0.25, 0.3) is 0 Å². The Hall–Kier alpha value is -11.9. The molecule has 5 rings (SSSR count). The quantitative estimate of drug-likeness (QED) is 0.0225. The zero-order chi connectivity index (χ0) is 88.4. The van der Waals surface area contributed by atoms with E-state index >= 15 is 0 Å². The third-order valence-electron chi connectivity index (χ3n) is 19.1. The Balaban J connectivity index is 2.70. The summed E-state index contributed by atoms with van der Waals surface area (Å²) < 4.78 is 143. The van der Waals surface area contributed by atoms with Crippen LogP contribution in [0, 0.1) is 0 Å². The van der Waals surface area contributed by atoms with Crippen LogP contribution in [-0.2, 0) is 114 Å². The summed E-state index contributed by atoms with van der Waals surface area (Å²) in [5.74, 6) is -22.7. The first-order valence-electron chi connectivity index (χ1n) is 39.0. The summed E-state index contributed by atoms with van der Waals surface area (Å²) in [4.78, 5) is 168. The molecule has 0 N–H and O–H groups in total. The van der Waals surface area contributed by atoms with Gasteiger partial charge in [-0.05, 0) is 49.9 Å². The molecule has 0 atom stereocenters. The van der Waals surface area contributed by atoms with Crippen molar-refractivity contribution in [3.05, 3.63) is 68.8 Å². The molecule has 4 aromatic rings. The van der Waals surface area contributed by atoms with Crippen LogP contribution < -0.4 is 56.8 Å². The molecule has 0 unspecified atom stereocenters. The van der Waals surface area contributed by atoms with Gasteiger partial charge in [0.25, 0.3) is 0 Å². The second kappa shape index (κ2) is 52.1. The van der Waals surface area contributed by atoms with E-state index in [0.717, 1.165) is 85.3 Å². The summed E-state index contributed by atoms with van der Waals surface area (Å²) in [5, 5.41) is 0. The number of methoxy groups -OCH3 is 12. The van der Waals surface area contributed by atoms with Crippen molar-refractivity contribution < 1.29 is 171 Å². The minimum Gasteiger partial charge on any atom is -0.478 e. The lowest BCUT2D eigenvalue weighted by atomic mass is 9.75. The Bertz CT molecular complexity index is 3420. The molecule has 0 aromatic heterocycles. The highest BCUT2D eigenvalue weighted by Crippen LogP contribution is 2.61. The zero-order valence-corrected chi connectivity index (χ0v) is 71.1. The van der Waals surface area contributed by atoms with E-state index in [1.807, 2.05) is 27.7 Å². The van der Waals surface area contributed by atoms with E-state index < -0.39 is 244 Å². The molecule has 0 saturated carbocycles. The van der Waals surface area contributed by atoms with Gasteiger partial charge in [-0.15, -0.1) is 0 Å². The van der Waals surface area contributed by atoms with Gasteiger partial charge in [0.05, 0.1) is 85.3 Å². The number of rotatable bonds is 52. The lowest BCUT2D eigenvalue weighted by Crippen LogP contribution is -2.23. The van der Waals surface area contributed by atoms with Crippen LogP contribution in [-0.4, -0.2) is 236 Å². The number of fused-ring (bicyclic) bond motifs is 8. The van der Waals surface area contributed by atoms with Crippen LogP contribution in [0.2, 0.25) is 0 Å². The minimum atomic E-state index is -1.39. The molecule has 1 aliphatic carbocycles. The summed E-state index contributed by atoms with van der Waals surface area (Å²) in [6.07, 6.45) is 4.79. The summed E-state index contributed by atoms with van der Waals surface area (Å²) in [7, 11) is 13.0. The second-order valence-corrected chi connectivity index (χ2v) is 26.7. The molecule has 0 radical (unpaired) electrons. The average molecular weight is 1700 g/mol. The monoisotopic (exact) mass is 1700 g/mol.